The van der Waals surface area contributed by atoms with Crippen molar-refractivity contribution >= 4 is 36.5 Å². The molecule has 21 heavy (non-hydrogen) atoms. The Bertz CT molecular complexity index is 786. The molecule has 0 spiro atoms. The highest BCUT2D eigenvalue weighted by Gasteiger charge is 2.19. The predicted octanol–water partition coefficient (Wildman–Crippen LogP) is 2.23. The van der Waals surface area contributed by atoms with E-state index >= 15 is 0 Å². The van der Waals surface area contributed by atoms with E-state index in [1.807, 2.05) is 6.92 Å². The number of amides is 1. The number of carbonyl (C=O) groups excluding carboxylic acids is 1. The third kappa shape index (κ3) is 3.54. The molecule has 1 aromatic carbocycles. The van der Waals surface area contributed by atoms with E-state index in [-0.39, 0.29) is 29.2 Å². The van der Waals surface area contributed by atoms with Gasteiger partial charge in [-0.1, -0.05) is 0 Å². The molecule has 114 valence electrons. The summed E-state index contributed by atoms with van der Waals surface area (Å²) in [6.45, 7) is 2.61. The molecule has 2 aromatic rings. The number of fused-ring (bicyclic) bond motifs is 1. The molecular weight excluding hydrogens is 319 g/mol. The second kappa shape index (κ2) is 6.03. The molecule has 2 rings (SSSR count). The van der Waals surface area contributed by atoms with Crippen LogP contribution in [0.1, 0.15) is 13.3 Å². The molecule has 1 amide bonds. The van der Waals surface area contributed by atoms with E-state index in [1.165, 1.54) is 18.3 Å². The smallest absolute Gasteiger partial charge is 0.263 e. The van der Waals surface area contributed by atoms with E-state index in [9.17, 15) is 17.6 Å². The number of hydrogen-bond donors (Lipinski definition) is 1. The maximum atomic E-state index is 13.3. The fourth-order valence-electron chi connectivity index (χ4n) is 2.12. The Hall–Kier alpha value is -1.60. The number of hydrogen-bond acceptors (Lipinski definition) is 3. The lowest BCUT2D eigenvalue weighted by atomic mass is 10.2. The van der Waals surface area contributed by atoms with Crippen molar-refractivity contribution in [2.75, 3.05) is 6.54 Å². The lowest BCUT2D eigenvalue weighted by molar-refractivity contribution is -0.121. The Morgan fingerprint density at radius 3 is 2.76 bits per heavy atom. The molecule has 0 saturated heterocycles. The zero-order valence-corrected chi connectivity index (χ0v) is 12.8. The first-order valence-corrected chi connectivity index (χ1v) is 8.63. The van der Waals surface area contributed by atoms with E-state index in [4.69, 9.17) is 10.7 Å². The summed E-state index contributed by atoms with van der Waals surface area (Å²) < 4.78 is 38.0. The Morgan fingerprint density at radius 2 is 2.14 bits per heavy atom. The van der Waals surface area contributed by atoms with Gasteiger partial charge in [-0.3, -0.25) is 4.79 Å². The van der Waals surface area contributed by atoms with Crippen molar-refractivity contribution in [2.24, 2.45) is 0 Å². The first kappa shape index (κ1) is 15.8. The minimum atomic E-state index is -3.99. The standard InChI is InChI=1S/C13H14ClFN2O3S/c1-2-16-13(18)5-6-17-8-12(21(14,19)20)10-7-9(15)3-4-11(10)17/h3-4,7-8H,2,5-6H2,1H3,(H,16,18). The Balaban J connectivity index is 2.43. The summed E-state index contributed by atoms with van der Waals surface area (Å²) >= 11 is 0. The number of benzene rings is 1. The van der Waals surface area contributed by atoms with Crippen molar-refractivity contribution in [2.45, 2.75) is 24.8 Å². The summed E-state index contributed by atoms with van der Waals surface area (Å²) in [6.07, 6.45) is 1.52. The van der Waals surface area contributed by atoms with Crippen molar-refractivity contribution in [1.82, 2.24) is 9.88 Å². The van der Waals surface area contributed by atoms with Crippen LogP contribution in [0.2, 0.25) is 0 Å². The molecule has 1 N–H and O–H groups in total. The average Bonchev–Trinajstić information content (AvgIpc) is 2.74. The number of nitrogens with zero attached hydrogens (tertiary/aromatic N) is 1. The minimum absolute atomic E-state index is 0.142. The molecule has 0 bridgehead atoms. The van der Waals surface area contributed by atoms with Gasteiger partial charge in [0.25, 0.3) is 9.05 Å². The lowest BCUT2D eigenvalue weighted by Crippen LogP contribution is -2.23. The number of aryl methyl sites for hydroxylation is 1. The van der Waals surface area contributed by atoms with Crippen LogP contribution < -0.4 is 5.32 Å². The predicted molar refractivity (Wildman–Crippen MR) is 78.2 cm³/mol. The maximum absolute atomic E-state index is 13.3. The van der Waals surface area contributed by atoms with Crippen LogP contribution in [-0.2, 0) is 20.4 Å². The summed E-state index contributed by atoms with van der Waals surface area (Å²) in [7, 11) is 1.38. The SMILES string of the molecule is CCNC(=O)CCn1cc(S(=O)(=O)Cl)c2cc(F)ccc21. The number of halogens is 2. The van der Waals surface area contributed by atoms with Gasteiger partial charge in [-0.15, -0.1) is 0 Å². The Morgan fingerprint density at radius 1 is 1.43 bits per heavy atom. The van der Waals surface area contributed by atoms with Gasteiger partial charge in [0.2, 0.25) is 5.91 Å². The summed E-state index contributed by atoms with van der Waals surface area (Å²) in [5, 5.41) is 2.86. The number of aromatic nitrogens is 1. The largest absolute Gasteiger partial charge is 0.356 e. The average molecular weight is 333 g/mol. The summed E-state index contributed by atoms with van der Waals surface area (Å²) in [5.41, 5.74) is 0.514. The number of nitrogens with one attached hydrogen (secondary N) is 1. The molecule has 0 aliphatic carbocycles. The third-order valence-corrected chi connectivity index (χ3v) is 4.37. The van der Waals surface area contributed by atoms with Crippen LogP contribution in [0.15, 0.2) is 29.3 Å². The molecule has 0 radical (unpaired) electrons. The van der Waals surface area contributed by atoms with Gasteiger partial charge in [-0.25, -0.2) is 12.8 Å². The second-order valence-electron chi connectivity index (χ2n) is 4.49. The van der Waals surface area contributed by atoms with Crippen LogP contribution in [-0.4, -0.2) is 25.4 Å². The van der Waals surface area contributed by atoms with Crippen LogP contribution in [0, 0.1) is 5.82 Å². The molecule has 0 saturated carbocycles. The summed E-state index contributed by atoms with van der Waals surface area (Å²) in [4.78, 5) is 11.3. The monoisotopic (exact) mass is 332 g/mol. The zero-order valence-electron chi connectivity index (χ0n) is 11.3. The zero-order chi connectivity index (χ0) is 15.6. The van der Waals surface area contributed by atoms with Gasteiger partial charge in [0.1, 0.15) is 10.7 Å². The van der Waals surface area contributed by atoms with E-state index in [0.717, 1.165) is 6.07 Å². The molecule has 0 aliphatic heterocycles. The van der Waals surface area contributed by atoms with Crippen LogP contribution in [0.5, 0.6) is 0 Å². The number of rotatable bonds is 5. The van der Waals surface area contributed by atoms with Crippen molar-refractivity contribution in [3.8, 4) is 0 Å². The highest BCUT2D eigenvalue weighted by atomic mass is 35.7. The molecule has 0 unspecified atom stereocenters. The first-order chi connectivity index (χ1) is 9.82. The molecule has 0 atom stereocenters. The second-order valence-corrected chi connectivity index (χ2v) is 7.02. The Labute approximate surface area is 126 Å². The van der Waals surface area contributed by atoms with Gasteiger partial charge < -0.3 is 9.88 Å². The summed E-state index contributed by atoms with van der Waals surface area (Å²) in [5.74, 6) is -0.692. The normalized spacial score (nSPS) is 11.8. The molecule has 1 aromatic heterocycles. The van der Waals surface area contributed by atoms with Crippen LogP contribution in [0.4, 0.5) is 4.39 Å². The van der Waals surface area contributed by atoms with Crippen LogP contribution >= 0.6 is 10.7 Å². The molecule has 0 fully saturated rings. The lowest BCUT2D eigenvalue weighted by Gasteiger charge is -2.05. The van der Waals surface area contributed by atoms with Crippen molar-refractivity contribution in [3.63, 3.8) is 0 Å². The fourth-order valence-corrected chi connectivity index (χ4v) is 3.17. The van der Waals surface area contributed by atoms with E-state index < -0.39 is 14.9 Å². The van der Waals surface area contributed by atoms with Gasteiger partial charge in [-0.05, 0) is 25.1 Å². The highest BCUT2D eigenvalue weighted by Crippen LogP contribution is 2.28. The maximum Gasteiger partial charge on any atom is 0.263 e. The topological polar surface area (TPSA) is 68.2 Å². The van der Waals surface area contributed by atoms with Crippen LogP contribution in [0.3, 0.4) is 0 Å². The molecule has 1 heterocycles. The quantitative estimate of drug-likeness (QED) is 0.854. The molecule has 5 nitrogen and oxygen atoms in total. The molecule has 0 aliphatic rings. The van der Waals surface area contributed by atoms with E-state index in [1.54, 1.807) is 4.57 Å². The van der Waals surface area contributed by atoms with Crippen LogP contribution in [0.25, 0.3) is 10.9 Å². The van der Waals surface area contributed by atoms with Gasteiger partial charge >= 0.3 is 0 Å². The highest BCUT2D eigenvalue weighted by molar-refractivity contribution is 8.14. The van der Waals surface area contributed by atoms with Gasteiger partial charge in [0, 0.05) is 47.3 Å². The minimum Gasteiger partial charge on any atom is -0.356 e. The van der Waals surface area contributed by atoms with E-state index in [2.05, 4.69) is 5.32 Å². The van der Waals surface area contributed by atoms with Gasteiger partial charge in [0.05, 0.1) is 0 Å². The molecular formula is C13H14ClFN2O3S. The van der Waals surface area contributed by atoms with Gasteiger partial charge in [0.15, 0.2) is 0 Å². The Kier molecular flexibility index (Phi) is 4.53. The third-order valence-electron chi connectivity index (χ3n) is 3.02. The first-order valence-electron chi connectivity index (χ1n) is 6.32. The van der Waals surface area contributed by atoms with Gasteiger partial charge in [-0.2, -0.15) is 0 Å². The van der Waals surface area contributed by atoms with Crippen molar-refractivity contribution in [1.29, 1.82) is 0 Å². The molecule has 8 heteroatoms. The van der Waals surface area contributed by atoms with Crippen molar-refractivity contribution in [3.05, 3.63) is 30.2 Å². The van der Waals surface area contributed by atoms with E-state index in [0.29, 0.717) is 12.1 Å². The van der Waals surface area contributed by atoms with Crippen molar-refractivity contribution < 1.29 is 17.6 Å². The fraction of sp³-hybridized carbons (Fsp3) is 0.308. The number of carbonyl (C=O) groups is 1. The summed E-state index contributed by atoms with van der Waals surface area (Å²) in [6, 6.07) is 3.82.